The summed E-state index contributed by atoms with van der Waals surface area (Å²) in [5.74, 6) is -0.180. The van der Waals surface area contributed by atoms with Gasteiger partial charge >= 0.3 is 0 Å². The molecule has 0 spiro atoms. The predicted octanol–water partition coefficient (Wildman–Crippen LogP) is 3.22. The summed E-state index contributed by atoms with van der Waals surface area (Å²) in [6.45, 7) is 0.605. The van der Waals surface area contributed by atoms with Crippen molar-refractivity contribution in [2.75, 3.05) is 17.6 Å². The lowest BCUT2D eigenvalue weighted by Crippen LogP contribution is -2.08. The Balaban J connectivity index is 1.99. The zero-order valence-corrected chi connectivity index (χ0v) is 11.2. The van der Waals surface area contributed by atoms with Crippen molar-refractivity contribution < 1.29 is 4.39 Å². The standard InChI is InChI=1S/C13H13BrFN3/c14-10-7-17-8-12(16)13(10)18-6-5-9-3-1-2-4-11(9)15/h1-4,7-8H,5-6,16H2,(H,17,18). The van der Waals surface area contributed by atoms with Gasteiger partial charge in [-0.15, -0.1) is 0 Å². The highest BCUT2D eigenvalue weighted by molar-refractivity contribution is 9.10. The number of benzene rings is 1. The van der Waals surface area contributed by atoms with E-state index in [1.54, 1.807) is 24.5 Å². The Morgan fingerprint density at radius 1 is 1.28 bits per heavy atom. The van der Waals surface area contributed by atoms with Crippen molar-refractivity contribution in [2.24, 2.45) is 0 Å². The zero-order chi connectivity index (χ0) is 13.0. The molecule has 0 bridgehead atoms. The molecule has 18 heavy (non-hydrogen) atoms. The van der Waals surface area contributed by atoms with Gasteiger partial charge in [-0.25, -0.2) is 4.39 Å². The molecule has 94 valence electrons. The molecule has 0 atom stereocenters. The lowest BCUT2D eigenvalue weighted by molar-refractivity contribution is 0.610. The molecule has 1 aromatic heterocycles. The van der Waals surface area contributed by atoms with E-state index in [1.165, 1.54) is 6.07 Å². The maximum absolute atomic E-state index is 13.4. The Morgan fingerprint density at radius 2 is 2.06 bits per heavy atom. The number of rotatable bonds is 4. The van der Waals surface area contributed by atoms with Crippen molar-refractivity contribution in [2.45, 2.75) is 6.42 Å². The van der Waals surface area contributed by atoms with Crippen molar-refractivity contribution in [3.63, 3.8) is 0 Å². The average molecular weight is 310 g/mol. The zero-order valence-electron chi connectivity index (χ0n) is 9.66. The molecule has 0 aliphatic carbocycles. The highest BCUT2D eigenvalue weighted by atomic mass is 79.9. The van der Waals surface area contributed by atoms with Gasteiger partial charge in [0.2, 0.25) is 0 Å². The first-order valence-electron chi connectivity index (χ1n) is 5.54. The number of anilines is 2. The molecule has 1 aromatic carbocycles. The number of pyridine rings is 1. The van der Waals surface area contributed by atoms with Gasteiger partial charge in [0.15, 0.2) is 0 Å². The maximum Gasteiger partial charge on any atom is 0.126 e. The highest BCUT2D eigenvalue weighted by Crippen LogP contribution is 2.26. The summed E-state index contributed by atoms with van der Waals surface area (Å²) in [5, 5.41) is 3.18. The molecule has 5 heteroatoms. The maximum atomic E-state index is 13.4. The quantitative estimate of drug-likeness (QED) is 0.911. The second kappa shape index (κ2) is 5.82. The van der Waals surface area contributed by atoms with Gasteiger partial charge < -0.3 is 11.1 Å². The number of halogens is 2. The fourth-order valence-electron chi connectivity index (χ4n) is 1.66. The molecular formula is C13H13BrFN3. The van der Waals surface area contributed by atoms with Crippen LogP contribution in [0.1, 0.15) is 5.56 Å². The summed E-state index contributed by atoms with van der Waals surface area (Å²) in [5.41, 5.74) is 7.85. The van der Waals surface area contributed by atoms with E-state index in [0.717, 1.165) is 10.2 Å². The normalized spacial score (nSPS) is 10.3. The first-order valence-corrected chi connectivity index (χ1v) is 6.34. The Bertz CT molecular complexity index is 525. The van der Waals surface area contributed by atoms with Crippen LogP contribution in [0.2, 0.25) is 0 Å². The molecule has 0 aliphatic heterocycles. The minimum atomic E-state index is -0.180. The molecule has 2 rings (SSSR count). The largest absolute Gasteiger partial charge is 0.396 e. The van der Waals surface area contributed by atoms with E-state index in [4.69, 9.17) is 5.73 Å². The monoisotopic (exact) mass is 309 g/mol. The molecule has 0 amide bonds. The van der Waals surface area contributed by atoms with Gasteiger partial charge in [0.05, 0.1) is 22.0 Å². The molecule has 0 radical (unpaired) electrons. The van der Waals surface area contributed by atoms with Gasteiger partial charge in [0.25, 0.3) is 0 Å². The van der Waals surface area contributed by atoms with Gasteiger partial charge in [-0.2, -0.15) is 0 Å². The van der Waals surface area contributed by atoms with E-state index in [-0.39, 0.29) is 5.82 Å². The predicted molar refractivity (Wildman–Crippen MR) is 74.9 cm³/mol. The minimum Gasteiger partial charge on any atom is -0.396 e. The van der Waals surface area contributed by atoms with Crippen molar-refractivity contribution in [3.05, 3.63) is 52.5 Å². The Kier molecular flexibility index (Phi) is 4.15. The van der Waals surface area contributed by atoms with Gasteiger partial charge in [-0.1, -0.05) is 18.2 Å². The summed E-state index contributed by atoms with van der Waals surface area (Å²) in [6, 6.07) is 6.76. The lowest BCUT2D eigenvalue weighted by atomic mass is 10.1. The number of nitrogens with two attached hydrogens (primary N) is 1. The molecule has 3 nitrogen and oxygen atoms in total. The average Bonchev–Trinajstić information content (AvgIpc) is 2.35. The van der Waals surface area contributed by atoms with Gasteiger partial charge in [-0.3, -0.25) is 4.98 Å². The van der Waals surface area contributed by atoms with E-state index in [9.17, 15) is 4.39 Å². The molecule has 0 saturated carbocycles. The molecule has 1 heterocycles. The van der Waals surface area contributed by atoms with Crippen molar-refractivity contribution in [3.8, 4) is 0 Å². The van der Waals surface area contributed by atoms with Gasteiger partial charge in [0, 0.05) is 12.7 Å². The van der Waals surface area contributed by atoms with Crippen LogP contribution in [0.5, 0.6) is 0 Å². The summed E-state index contributed by atoms with van der Waals surface area (Å²) >= 11 is 3.37. The summed E-state index contributed by atoms with van der Waals surface area (Å²) in [4.78, 5) is 3.95. The number of nitrogens with zero attached hydrogens (tertiary/aromatic N) is 1. The number of hydrogen-bond donors (Lipinski definition) is 2. The van der Waals surface area contributed by atoms with Crippen LogP contribution in [-0.2, 0) is 6.42 Å². The SMILES string of the molecule is Nc1cncc(Br)c1NCCc1ccccc1F. The molecule has 0 fully saturated rings. The van der Waals surface area contributed by atoms with E-state index in [0.29, 0.717) is 24.2 Å². The molecule has 0 aliphatic rings. The number of hydrogen-bond acceptors (Lipinski definition) is 3. The van der Waals surface area contributed by atoms with Crippen LogP contribution in [-0.4, -0.2) is 11.5 Å². The molecule has 0 saturated heterocycles. The van der Waals surface area contributed by atoms with Crippen LogP contribution >= 0.6 is 15.9 Å². The van der Waals surface area contributed by atoms with Crippen LogP contribution in [0.25, 0.3) is 0 Å². The van der Waals surface area contributed by atoms with E-state index in [2.05, 4.69) is 26.2 Å². The molecular weight excluding hydrogens is 297 g/mol. The van der Waals surface area contributed by atoms with E-state index < -0.39 is 0 Å². The number of nitrogens with one attached hydrogen (secondary N) is 1. The third kappa shape index (κ3) is 2.98. The van der Waals surface area contributed by atoms with Crippen LogP contribution in [0.15, 0.2) is 41.1 Å². The van der Waals surface area contributed by atoms with E-state index >= 15 is 0 Å². The van der Waals surface area contributed by atoms with Gasteiger partial charge in [0.1, 0.15) is 5.82 Å². The Hall–Kier alpha value is -1.62. The Labute approximate surface area is 113 Å². The molecule has 0 unspecified atom stereocenters. The third-order valence-corrected chi connectivity index (χ3v) is 3.18. The van der Waals surface area contributed by atoms with E-state index in [1.807, 2.05) is 6.07 Å². The van der Waals surface area contributed by atoms with Crippen molar-refractivity contribution in [1.82, 2.24) is 4.98 Å². The number of aromatic nitrogens is 1. The van der Waals surface area contributed by atoms with Crippen LogP contribution in [0.3, 0.4) is 0 Å². The van der Waals surface area contributed by atoms with Crippen LogP contribution in [0.4, 0.5) is 15.8 Å². The summed E-state index contributed by atoms with van der Waals surface area (Å²) < 4.78 is 14.2. The first kappa shape index (κ1) is 12.8. The summed E-state index contributed by atoms with van der Waals surface area (Å²) in [6.07, 6.45) is 3.85. The van der Waals surface area contributed by atoms with Crippen molar-refractivity contribution in [1.29, 1.82) is 0 Å². The topological polar surface area (TPSA) is 50.9 Å². The fourth-order valence-corrected chi connectivity index (χ4v) is 2.15. The lowest BCUT2D eigenvalue weighted by Gasteiger charge is -2.11. The van der Waals surface area contributed by atoms with Crippen LogP contribution in [0, 0.1) is 5.82 Å². The third-order valence-electron chi connectivity index (χ3n) is 2.58. The minimum absolute atomic E-state index is 0.180. The second-order valence-electron chi connectivity index (χ2n) is 3.85. The summed E-state index contributed by atoms with van der Waals surface area (Å²) in [7, 11) is 0. The Morgan fingerprint density at radius 3 is 2.78 bits per heavy atom. The highest BCUT2D eigenvalue weighted by Gasteiger charge is 2.05. The fraction of sp³-hybridized carbons (Fsp3) is 0.154. The van der Waals surface area contributed by atoms with Gasteiger partial charge in [-0.05, 0) is 34.0 Å². The second-order valence-corrected chi connectivity index (χ2v) is 4.71. The first-order chi connectivity index (χ1) is 8.68. The molecule has 3 N–H and O–H groups in total. The van der Waals surface area contributed by atoms with Crippen LogP contribution < -0.4 is 11.1 Å². The molecule has 2 aromatic rings. The smallest absolute Gasteiger partial charge is 0.126 e. The number of nitrogen functional groups attached to an aromatic ring is 1. The van der Waals surface area contributed by atoms with Crippen molar-refractivity contribution >= 4 is 27.3 Å².